The molecule has 96 valence electrons. The molecule has 0 atom stereocenters. The largest absolute Gasteiger partial charge is 0.383 e. The maximum absolute atomic E-state index is 5.32. The second kappa shape index (κ2) is 7.58. The van der Waals surface area contributed by atoms with Gasteiger partial charge in [-0.15, -0.1) is 0 Å². The van der Waals surface area contributed by atoms with Crippen molar-refractivity contribution in [3.05, 3.63) is 12.2 Å². The van der Waals surface area contributed by atoms with Gasteiger partial charge in [0.15, 0.2) is 5.82 Å². The summed E-state index contributed by atoms with van der Waals surface area (Å²) in [6.07, 6.45) is 2.38. The second-order valence-electron chi connectivity index (χ2n) is 3.38. The lowest BCUT2D eigenvalue weighted by molar-refractivity contribution is 0.208. The van der Waals surface area contributed by atoms with Crippen LogP contribution in [-0.4, -0.2) is 47.5 Å². The topological polar surface area (TPSA) is 102 Å². The number of guanidine groups is 1. The highest BCUT2D eigenvalue weighted by Crippen LogP contribution is 1.87. The average molecular weight is 241 g/mol. The molecule has 17 heavy (non-hydrogen) atoms. The number of nitrogens with two attached hydrogens (primary N) is 1. The highest BCUT2D eigenvalue weighted by Gasteiger charge is 1.99. The van der Waals surface area contributed by atoms with Crippen molar-refractivity contribution in [2.75, 3.05) is 26.8 Å². The molecule has 0 aliphatic carbocycles. The van der Waals surface area contributed by atoms with Crippen LogP contribution in [0.5, 0.6) is 0 Å². The molecule has 0 spiro atoms. The zero-order chi connectivity index (χ0) is 12.5. The van der Waals surface area contributed by atoms with Gasteiger partial charge in [-0.3, -0.25) is 10.1 Å². The minimum atomic E-state index is 0.540. The molecule has 0 bridgehead atoms. The van der Waals surface area contributed by atoms with Gasteiger partial charge in [0.1, 0.15) is 6.33 Å². The summed E-state index contributed by atoms with van der Waals surface area (Å²) in [7, 11) is 3.47. The number of hydrogen-bond acceptors (Lipinski definition) is 5. The molecular formula is C9H19N7O. The maximum atomic E-state index is 5.32. The molecule has 1 aromatic rings. The van der Waals surface area contributed by atoms with E-state index in [1.54, 1.807) is 18.1 Å². The van der Waals surface area contributed by atoms with Crippen LogP contribution >= 0.6 is 0 Å². The molecule has 0 saturated heterocycles. The van der Waals surface area contributed by atoms with Crippen LogP contribution in [0, 0.1) is 0 Å². The minimum absolute atomic E-state index is 0.540. The number of rotatable bonds is 6. The summed E-state index contributed by atoms with van der Waals surface area (Å²) in [6, 6.07) is 0. The molecule has 0 aromatic carbocycles. The highest BCUT2D eigenvalue weighted by atomic mass is 16.5. The Balaban J connectivity index is 2.25. The van der Waals surface area contributed by atoms with Crippen molar-refractivity contribution in [1.29, 1.82) is 0 Å². The molecule has 4 N–H and O–H groups in total. The molecule has 0 amide bonds. The fourth-order valence-electron chi connectivity index (χ4n) is 1.19. The molecular weight excluding hydrogens is 222 g/mol. The lowest BCUT2D eigenvalue weighted by Gasteiger charge is -2.07. The lowest BCUT2D eigenvalue weighted by atomic mass is 10.4. The number of nitrogens with one attached hydrogen (secondary N) is 2. The van der Waals surface area contributed by atoms with Gasteiger partial charge in [-0.2, -0.15) is 5.10 Å². The van der Waals surface area contributed by atoms with E-state index in [1.165, 1.54) is 0 Å². The zero-order valence-corrected chi connectivity index (χ0v) is 10.2. The summed E-state index contributed by atoms with van der Waals surface area (Å²) < 4.78 is 6.56. The SMILES string of the molecule is COCCN=C(NN)NCCc1ncn(C)n1. The Bertz CT molecular complexity index is 349. The highest BCUT2D eigenvalue weighted by molar-refractivity contribution is 5.79. The molecule has 8 heteroatoms. The normalized spacial score (nSPS) is 11.6. The third-order valence-electron chi connectivity index (χ3n) is 1.99. The van der Waals surface area contributed by atoms with Crippen LogP contribution in [0.4, 0.5) is 0 Å². The Kier molecular flexibility index (Phi) is 5.97. The fourth-order valence-corrected chi connectivity index (χ4v) is 1.19. The van der Waals surface area contributed by atoms with Gasteiger partial charge in [-0.25, -0.2) is 15.8 Å². The van der Waals surface area contributed by atoms with Crippen molar-refractivity contribution in [3.63, 3.8) is 0 Å². The van der Waals surface area contributed by atoms with Crippen molar-refractivity contribution in [2.45, 2.75) is 6.42 Å². The first-order valence-electron chi connectivity index (χ1n) is 5.34. The smallest absolute Gasteiger partial charge is 0.205 e. The second-order valence-corrected chi connectivity index (χ2v) is 3.38. The lowest BCUT2D eigenvalue weighted by Crippen LogP contribution is -2.42. The summed E-state index contributed by atoms with van der Waals surface area (Å²) in [5.41, 5.74) is 2.49. The van der Waals surface area contributed by atoms with E-state index in [2.05, 4.69) is 25.8 Å². The summed E-state index contributed by atoms with van der Waals surface area (Å²) in [4.78, 5) is 8.28. The van der Waals surface area contributed by atoms with Crippen LogP contribution in [0.25, 0.3) is 0 Å². The number of ether oxygens (including phenoxy) is 1. The Hall–Kier alpha value is -1.67. The van der Waals surface area contributed by atoms with E-state index in [0.717, 1.165) is 5.82 Å². The van der Waals surface area contributed by atoms with Gasteiger partial charge in [0, 0.05) is 27.1 Å². The summed E-state index contributed by atoms with van der Waals surface area (Å²) in [5.74, 6) is 6.64. The van der Waals surface area contributed by atoms with E-state index in [0.29, 0.717) is 32.1 Å². The van der Waals surface area contributed by atoms with Gasteiger partial charge in [0.05, 0.1) is 13.2 Å². The predicted molar refractivity (Wildman–Crippen MR) is 64.2 cm³/mol. The quantitative estimate of drug-likeness (QED) is 0.182. The van der Waals surface area contributed by atoms with Crippen LogP contribution in [0.3, 0.4) is 0 Å². The van der Waals surface area contributed by atoms with E-state index in [1.807, 2.05) is 7.05 Å². The van der Waals surface area contributed by atoms with Crippen LogP contribution in [0.1, 0.15) is 5.82 Å². The molecule has 1 heterocycles. The molecule has 0 fully saturated rings. The molecule has 1 rings (SSSR count). The Labute approximate surface area is 100 Å². The van der Waals surface area contributed by atoms with Crippen LogP contribution in [0.2, 0.25) is 0 Å². The van der Waals surface area contributed by atoms with Crippen LogP contribution < -0.4 is 16.6 Å². The number of aromatic nitrogens is 3. The number of methoxy groups -OCH3 is 1. The van der Waals surface area contributed by atoms with E-state index in [-0.39, 0.29) is 0 Å². The number of aliphatic imine (C=N–C) groups is 1. The van der Waals surface area contributed by atoms with Gasteiger partial charge in [0.25, 0.3) is 0 Å². The molecule has 0 radical (unpaired) electrons. The van der Waals surface area contributed by atoms with Gasteiger partial charge in [-0.1, -0.05) is 0 Å². The molecule has 0 saturated carbocycles. The van der Waals surface area contributed by atoms with Gasteiger partial charge in [-0.05, 0) is 0 Å². The summed E-state index contributed by atoms with van der Waals surface area (Å²) in [6.45, 7) is 1.79. The molecule has 8 nitrogen and oxygen atoms in total. The van der Waals surface area contributed by atoms with Gasteiger partial charge < -0.3 is 10.1 Å². The molecule has 0 aliphatic rings. The van der Waals surface area contributed by atoms with Crippen molar-refractivity contribution in [1.82, 2.24) is 25.5 Å². The molecule has 1 aromatic heterocycles. The van der Waals surface area contributed by atoms with E-state index >= 15 is 0 Å². The number of hydrogen-bond donors (Lipinski definition) is 3. The third-order valence-corrected chi connectivity index (χ3v) is 1.99. The van der Waals surface area contributed by atoms with Crippen molar-refractivity contribution >= 4 is 5.96 Å². The molecule has 0 unspecified atom stereocenters. The monoisotopic (exact) mass is 241 g/mol. The Morgan fingerprint density at radius 3 is 3.06 bits per heavy atom. The summed E-state index contributed by atoms with van der Waals surface area (Å²) in [5, 5.41) is 7.22. The maximum Gasteiger partial charge on any atom is 0.205 e. The first kappa shape index (κ1) is 13.4. The minimum Gasteiger partial charge on any atom is -0.383 e. The van der Waals surface area contributed by atoms with Crippen molar-refractivity contribution < 1.29 is 4.74 Å². The molecule has 0 aliphatic heterocycles. The van der Waals surface area contributed by atoms with Gasteiger partial charge >= 0.3 is 0 Å². The fraction of sp³-hybridized carbons (Fsp3) is 0.667. The number of aryl methyl sites for hydroxylation is 1. The number of nitrogens with zero attached hydrogens (tertiary/aromatic N) is 4. The van der Waals surface area contributed by atoms with E-state index in [9.17, 15) is 0 Å². The van der Waals surface area contributed by atoms with E-state index < -0.39 is 0 Å². The van der Waals surface area contributed by atoms with Crippen LogP contribution in [-0.2, 0) is 18.2 Å². The summed E-state index contributed by atoms with van der Waals surface area (Å²) >= 11 is 0. The Morgan fingerprint density at radius 1 is 1.65 bits per heavy atom. The third kappa shape index (κ3) is 5.27. The van der Waals surface area contributed by atoms with Crippen molar-refractivity contribution in [2.24, 2.45) is 17.9 Å². The Morgan fingerprint density at radius 2 is 2.47 bits per heavy atom. The number of hydrazine groups is 1. The van der Waals surface area contributed by atoms with Gasteiger partial charge in [0.2, 0.25) is 5.96 Å². The van der Waals surface area contributed by atoms with Crippen LogP contribution in [0.15, 0.2) is 11.3 Å². The predicted octanol–water partition coefficient (Wildman–Crippen LogP) is -1.59. The van der Waals surface area contributed by atoms with E-state index in [4.69, 9.17) is 10.6 Å². The standard InChI is InChI=1S/C9H19N7O/c1-16-7-13-8(15-16)3-4-11-9(14-10)12-5-6-17-2/h7H,3-6,10H2,1-2H3,(H2,11,12,14). The zero-order valence-electron chi connectivity index (χ0n) is 10.2. The first-order valence-corrected chi connectivity index (χ1v) is 5.34. The first-order chi connectivity index (χ1) is 8.26. The van der Waals surface area contributed by atoms with Crippen molar-refractivity contribution in [3.8, 4) is 0 Å². The average Bonchev–Trinajstić information content (AvgIpc) is 2.73.